The summed E-state index contributed by atoms with van der Waals surface area (Å²) in [5.74, 6) is 0.709. The summed E-state index contributed by atoms with van der Waals surface area (Å²) in [6.07, 6.45) is 3.72. The predicted octanol–water partition coefficient (Wildman–Crippen LogP) is 4.52. The summed E-state index contributed by atoms with van der Waals surface area (Å²) in [7, 11) is 1.61. The molecule has 7 heteroatoms. The largest absolute Gasteiger partial charge is 0.495 e. The van der Waals surface area contributed by atoms with Gasteiger partial charge in [-0.25, -0.2) is 0 Å². The van der Waals surface area contributed by atoms with Gasteiger partial charge in [-0.05, 0) is 54.2 Å². The second kappa shape index (κ2) is 9.21. The topological polar surface area (TPSA) is 50.6 Å². The van der Waals surface area contributed by atoms with Crippen LogP contribution in [0.25, 0.3) is 0 Å². The van der Waals surface area contributed by atoms with Gasteiger partial charge in [0.1, 0.15) is 5.75 Å². The van der Waals surface area contributed by atoms with E-state index in [1.807, 2.05) is 66.9 Å². The van der Waals surface area contributed by atoms with Crippen LogP contribution in [0.4, 0.5) is 5.69 Å². The highest BCUT2D eigenvalue weighted by Gasteiger charge is 2.03. The van der Waals surface area contributed by atoms with Crippen LogP contribution in [0.5, 0.6) is 5.75 Å². The third kappa shape index (κ3) is 5.32. The van der Waals surface area contributed by atoms with Crippen molar-refractivity contribution in [2.24, 2.45) is 5.10 Å². The molecule has 0 bridgehead atoms. The molecule has 0 atom stereocenters. The summed E-state index contributed by atoms with van der Waals surface area (Å²) >= 11 is 11.3. The number of rotatable bonds is 6. The molecule has 0 saturated heterocycles. The molecule has 138 valence electrons. The number of hydrogen-bond donors (Lipinski definition) is 2. The van der Waals surface area contributed by atoms with E-state index in [4.69, 9.17) is 28.6 Å². The molecule has 0 saturated carbocycles. The second-order valence-corrected chi connectivity index (χ2v) is 6.56. The van der Waals surface area contributed by atoms with Crippen molar-refractivity contribution in [1.29, 1.82) is 0 Å². The average Bonchev–Trinajstić information content (AvgIpc) is 3.09. The Hall–Kier alpha value is -2.83. The Morgan fingerprint density at radius 1 is 1.19 bits per heavy atom. The molecule has 3 rings (SSSR count). The molecule has 0 aliphatic carbocycles. The van der Waals surface area contributed by atoms with E-state index in [0.29, 0.717) is 17.4 Å². The molecule has 0 unspecified atom stereocenters. The smallest absolute Gasteiger partial charge is 0.191 e. The van der Waals surface area contributed by atoms with Crippen molar-refractivity contribution in [3.8, 4) is 5.75 Å². The van der Waals surface area contributed by atoms with Crippen LogP contribution in [0.2, 0.25) is 5.02 Å². The number of thiocarbonyl (C=S) groups is 1. The van der Waals surface area contributed by atoms with Crippen molar-refractivity contribution >= 4 is 40.8 Å². The minimum atomic E-state index is 0.378. The Bertz CT molecular complexity index is 954. The van der Waals surface area contributed by atoms with Crippen molar-refractivity contribution < 1.29 is 4.74 Å². The number of hydrogen-bond acceptors (Lipinski definition) is 3. The van der Waals surface area contributed by atoms with E-state index in [0.717, 1.165) is 22.0 Å². The van der Waals surface area contributed by atoms with E-state index in [1.54, 1.807) is 13.3 Å². The second-order valence-electron chi connectivity index (χ2n) is 5.72. The summed E-state index contributed by atoms with van der Waals surface area (Å²) in [4.78, 5) is 0. The molecule has 2 N–H and O–H groups in total. The van der Waals surface area contributed by atoms with Crippen LogP contribution >= 0.6 is 23.8 Å². The Morgan fingerprint density at radius 2 is 2.04 bits per heavy atom. The Labute approximate surface area is 168 Å². The number of ether oxygens (including phenoxy) is 1. The van der Waals surface area contributed by atoms with E-state index in [1.165, 1.54) is 0 Å². The van der Waals surface area contributed by atoms with Gasteiger partial charge in [0.05, 0.1) is 24.7 Å². The fourth-order valence-corrected chi connectivity index (χ4v) is 2.95. The first-order valence-electron chi connectivity index (χ1n) is 8.28. The van der Waals surface area contributed by atoms with Gasteiger partial charge in [-0.2, -0.15) is 5.10 Å². The molecule has 27 heavy (non-hydrogen) atoms. The Balaban J connectivity index is 1.60. The van der Waals surface area contributed by atoms with E-state index < -0.39 is 0 Å². The van der Waals surface area contributed by atoms with Gasteiger partial charge in [0.2, 0.25) is 0 Å². The molecule has 0 amide bonds. The lowest BCUT2D eigenvalue weighted by atomic mass is 10.2. The van der Waals surface area contributed by atoms with Crippen LogP contribution in [-0.2, 0) is 6.54 Å². The summed E-state index contributed by atoms with van der Waals surface area (Å²) in [6.45, 7) is 0.707. The van der Waals surface area contributed by atoms with Gasteiger partial charge in [0.15, 0.2) is 5.11 Å². The summed E-state index contributed by atoms with van der Waals surface area (Å²) in [5.41, 5.74) is 5.66. The number of anilines is 1. The highest BCUT2D eigenvalue weighted by molar-refractivity contribution is 7.80. The van der Waals surface area contributed by atoms with Crippen molar-refractivity contribution in [2.75, 3.05) is 12.4 Å². The zero-order valence-corrected chi connectivity index (χ0v) is 16.3. The maximum absolute atomic E-state index is 6.06. The lowest BCUT2D eigenvalue weighted by Gasteiger charge is -2.11. The third-order valence-electron chi connectivity index (χ3n) is 3.82. The highest BCUT2D eigenvalue weighted by Crippen LogP contribution is 2.22. The predicted molar refractivity (Wildman–Crippen MR) is 115 cm³/mol. The quantitative estimate of drug-likeness (QED) is 0.364. The number of methoxy groups -OCH3 is 1. The summed E-state index contributed by atoms with van der Waals surface area (Å²) < 4.78 is 7.37. The maximum Gasteiger partial charge on any atom is 0.191 e. The number of aromatic nitrogens is 1. The molecule has 0 spiro atoms. The van der Waals surface area contributed by atoms with Gasteiger partial charge >= 0.3 is 0 Å². The number of benzene rings is 2. The van der Waals surface area contributed by atoms with Crippen LogP contribution in [0, 0.1) is 0 Å². The maximum atomic E-state index is 6.06. The van der Waals surface area contributed by atoms with Gasteiger partial charge in [-0.1, -0.05) is 35.9 Å². The van der Waals surface area contributed by atoms with Crippen molar-refractivity contribution in [2.45, 2.75) is 6.54 Å². The monoisotopic (exact) mass is 398 g/mol. The highest BCUT2D eigenvalue weighted by atomic mass is 35.5. The molecule has 0 aliphatic heterocycles. The van der Waals surface area contributed by atoms with Gasteiger partial charge in [0, 0.05) is 17.8 Å². The van der Waals surface area contributed by atoms with Gasteiger partial charge in [-0.3, -0.25) is 5.43 Å². The Kier molecular flexibility index (Phi) is 6.46. The van der Waals surface area contributed by atoms with Gasteiger partial charge in [-0.15, -0.1) is 0 Å². The molecule has 0 aliphatic rings. The summed E-state index contributed by atoms with van der Waals surface area (Å²) in [6, 6.07) is 19.3. The zero-order valence-electron chi connectivity index (χ0n) is 14.7. The van der Waals surface area contributed by atoms with Gasteiger partial charge in [0.25, 0.3) is 0 Å². The molecular formula is C20H19ClN4OS. The Morgan fingerprint density at radius 3 is 2.85 bits per heavy atom. The molecule has 3 aromatic rings. The van der Waals surface area contributed by atoms with Crippen molar-refractivity contribution in [3.05, 3.63) is 83.1 Å². The fourth-order valence-electron chi connectivity index (χ4n) is 2.58. The number of nitrogens with one attached hydrogen (secondary N) is 2. The third-order valence-corrected chi connectivity index (χ3v) is 4.25. The number of para-hydroxylation sites is 2. The molecule has 5 nitrogen and oxygen atoms in total. The van der Waals surface area contributed by atoms with Crippen molar-refractivity contribution in [1.82, 2.24) is 9.99 Å². The minimum absolute atomic E-state index is 0.378. The average molecular weight is 399 g/mol. The van der Waals surface area contributed by atoms with E-state index in [9.17, 15) is 0 Å². The van der Waals surface area contributed by atoms with Crippen LogP contribution in [0.15, 0.2) is 72.0 Å². The van der Waals surface area contributed by atoms with Crippen LogP contribution in [0.1, 0.15) is 11.3 Å². The lowest BCUT2D eigenvalue weighted by molar-refractivity contribution is 0.417. The molecular weight excluding hydrogens is 380 g/mol. The summed E-state index contributed by atoms with van der Waals surface area (Å²) in [5, 5.41) is 8.39. The fraction of sp³-hybridized carbons (Fsp3) is 0.100. The van der Waals surface area contributed by atoms with Gasteiger partial charge < -0.3 is 14.6 Å². The van der Waals surface area contributed by atoms with E-state index >= 15 is 0 Å². The number of halogens is 1. The van der Waals surface area contributed by atoms with E-state index in [-0.39, 0.29) is 0 Å². The van der Waals surface area contributed by atoms with Crippen LogP contribution < -0.4 is 15.5 Å². The molecule has 0 fully saturated rings. The SMILES string of the molecule is COc1ccccc1NC(=S)N/N=C/c1cccn1Cc1cccc(Cl)c1. The first-order valence-corrected chi connectivity index (χ1v) is 9.07. The lowest BCUT2D eigenvalue weighted by Crippen LogP contribution is -2.24. The number of hydrazone groups is 1. The molecule has 0 radical (unpaired) electrons. The normalized spacial score (nSPS) is 10.7. The standard InChI is InChI=1S/C20H19ClN4OS/c1-26-19-10-3-2-9-18(19)23-20(27)24-22-13-17-8-5-11-25(17)14-15-6-4-7-16(21)12-15/h2-13H,14H2,1H3,(H2,23,24,27)/b22-13+. The molecule has 1 aromatic heterocycles. The van der Waals surface area contributed by atoms with Crippen LogP contribution in [0.3, 0.4) is 0 Å². The van der Waals surface area contributed by atoms with Crippen molar-refractivity contribution in [3.63, 3.8) is 0 Å². The first-order chi connectivity index (χ1) is 13.2. The molecule has 2 aromatic carbocycles. The number of nitrogens with zero attached hydrogens (tertiary/aromatic N) is 2. The van der Waals surface area contributed by atoms with E-state index in [2.05, 4.69) is 20.4 Å². The zero-order chi connectivity index (χ0) is 19.1. The minimum Gasteiger partial charge on any atom is -0.495 e. The molecule has 1 heterocycles. The first kappa shape index (κ1) is 18.9. The van der Waals surface area contributed by atoms with Crippen LogP contribution in [-0.4, -0.2) is 23.0 Å².